The van der Waals surface area contributed by atoms with Crippen LogP contribution in [0.1, 0.15) is 31.2 Å². The zero-order valence-corrected chi connectivity index (χ0v) is 13.9. The van der Waals surface area contributed by atoms with Crippen molar-refractivity contribution in [1.29, 1.82) is 0 Å². The number of anilines is 1. The van der Waals surface area contributed by atoms with E-state index in [2.05, 4.69) is 4.72 Å². The van der Waals surface area contributed by atoms with Crippen molar-refractivity contribution >= 4 is 27.0 Å². The quantitative estimate of drug-likeness (QED) is 0.906. The van der Waals surface area contributed by atoms with Crippen molar-refractivity contribution in [3.8, 4) is 0 Å². The summed E-state index contributed by atoms with van der Waals surface area (Å²) in [5.41, 5.74) is 1.36. The first-order valence-corrected chi connectivity index (χ1v) is 8.86. The summed E-state index contributed by atoms with van der Waals surface area (Å²) in [4.78, 5) is 0.625. The van der Waals surface area contributed by atoms with Crippen molar-refractivity contribution in [1.82, 2.24) is 0 Å². The monoisotopic (exact) mass is 325 g/mol. The van der Waals surface area contributed by atoms with Gasteiger partial charge in [0, 0.05) is 4.88 Å². The normalized spacial score (nSPS) is 12.4. The fourth-order valence-corrected chi connectivity index (χ4v) is 4.30. The molecule has 0 aliphatic carbocycles. The molecule has 2 N–H and O–H groups in total. The summed E-state index contributed by atoms with van der Waals surface area (Å²) in [6.45, 7) is 5.96. The zero-order chi connectivity index (χ0) is 15.7. The highest BCUT2D eigenvalue weighted by molar-refractivity contribution is 7.94. The van der Waals surface area contributed by atoms with Gasteiger partial charge in [-0.05, 0) is 29.2 Å². The highest BCUT2D eigenvalue weighted by Crippen LogP contribution is 2.31. The van der Waals surface area contributed by atoms with Crippen LogP contribution < -0.4 is 4.72 Å². The number of nitrogens with one attached hydrogen (secondary N) is 1. The molecule has 2 aromatic rings. The Labute approximate surface area is 129 Å². The third-order valence-electron chi connectivity index (χ3n) is 3.04. The van der Waals surface area contributed by atoms with Gasteiger partial charge in [-0.3, -0.25) is 4.72 Å². The highest BCUT2D eigenvalue weighted by atomic mass is 32.2. The molecule has 0 saturated heterocycles. The van der Waals surface area contributed by atoms with E-state index < -0.39 is 10.0 Å². The summed E-state index contributed by atoms with van der Waals surface area (Å²) < 4.78 is 27.7. The number of aliphatic hydroxyl groups is 1. The first-order valence-electron chi connectivity index (χ1n) is 6.56. The summed E-state index contributed by atoms with van der Waals surface area (Å²) in [7, 11) is -3.63. The number of hydrogen-bond donors (Lipinski definition) is 2. The topological polar surface area (TPSA) is 66.4 Å². The van der Waals surface area contributed by atoms with Crippen LogP contribution in [-0.2, 0) is 22.0 Å². The number of benzene rings is 1. The minimum absolute atomic E-state index is 0.154. The fraction of sp³-hybridized carbons (Fsp3) is 0.333. The van der Waals surface area contributed by atoms with Crippen molar-refractivity contribution in [2.45, 2.75) is 37.0 Å². The SMILES string of the molecule is CC(C)(C)c1ccccc1NS(=O)(=O)c1ccc(CO)s1. The molecule has 0 fully saturated rings. The molecule has 0 radical (unpaired) electrons. The van der Waals surface area contributed by atoms with Gasteiger partial charge in [-0.2, -0.15) is 0 Å². The predicted molar refractivity (Wildman–Crippen MR) is 86.2 cm³/mol. The van der Waals surface area contributed by atoms with Crippen LogP contribution in [0.4, 0.5) is 5.69 Å². The minimum atomic E-state index is -3.63. The van der Waals surface area contributed by atoms with E-state index in [9.17, 15) is 8.42 Å². The first kappa shape index (κ1) is 16.0. The molecule has 114 valence electrons. The molecule has 6 heteroatoms. The van der Waals surface area contributed by atoms with Gasteiger partial charge in [0.2, 0.25) is 0 Å². The third-order valence-corrected chi connectivity index (χ3v) is 5.96. The van der Waals surface area contributed by atoms with Crippen LogP contribution in [0, 0.1) is 0 Å². The lowest BCUT2D eigenvalue weighted by Crippen LogP contribution is -2.18. The van der Waals surface area contributed by atoms with Crippen molar-refractivity contribution in [2.75, 3.05) is 4.72 Å². The molecular weight excluding hydrogens is 306 g/mol. The molecule has 0 bridgehead atoms. The molecule has 1 aromatic heterocycles. The molecule has 1 heterocycles. The van der Waals surface area contributed by atoms with Gasteiger partial charge in [-0.15, -0.1) is 11.3 Å². The Bertz CT molecular complexity index is 727. The Hall–Kier alpha value is -1.37. The Morgan fingerprint density at radius 1 is 1.14 bits per heavy atom. The summed E-state index contributed by atoms with van der Waals surface area (Å²) in [5.74, 6) is 0. The van der Waals surface area contributed by atoms with Gasteiger partial charge in [-0.25, -0.2) is 8.42 Å². The van der Waals surface area contributed by atoms with Gasteiger partial charge in [0.1, 0.15) is 4.21 Å². The lowest BCUT2D eigenvalue weighted by molar-refractivity contribution is 0.285. The van der Waals surface area contributed by atoms with E-state index in [0.717, 1.165) is 16.9 Å². The number of sulfonamides is 1. The molecule has 0 aliphatic heterocycles. The molecule has 0 spiro atoms. The number of rotatable bonds is 4. The van der Waals surface area contributed by atoms with E-state index >= 15 is 0 Å². The molecule has 0 amide bonds. The van der Waals surface area contributed by atoms with Crippen LogP contribution in [0.25, 0.3) is 0 Å². The fourth-order valence-electron chi connectivity index (χ4n) is 2.01. The van der Waals surface area contributed by atoms with E-state index in [1.165, 1.54) is 6.07 Å². The van der Waals surface area contributed by atoms with Gasteiger partial charge in [0.05, 0.1) is 12.3 Å². The van der Waals surface area contributed by atoms with Gasteiger partial charge >= 0.3 is 0 Å². The molecule has 0 saturated carbocycles. The second-order valence-electron chi connectivity index (χ2n) is 5.78. The lowest BCUT2D eigenvalue weighted by Gasteiger charge is -2.23. The molecule has 0 atom stereocenters. The van der Waals surface area contributed by atoms with E-state index in [4.69, 9.17) is 5.11 Å². The number of aliphatic hydroxyl groups excluding tert-OH is 1. The van der Waals surface area contributed by atoms with Crippen LogP contribution in [0.15, 0.2) is 40.6 Å². The van der Waals surface area contributed by atoms with E-state index in [0.29, 0.717) is 10.6 Å². The van der Waals surface area contributed by atoms with Crippen LogP contribution in [0.3, 0.4) is 0 Å². The number of thiophene rings is 1. The maximum absolute atomic E-state index is 12.4. The first-order chi connectivity index (χ1) is 9.74. The zero-order valence-electron chi connectivity index (χ0n) is 12.3. The van der Waals surface area contributed by atoms with Crippen LogP contribution in [0.5, 0.6) is 0 Å². The van der Waals surface area contributed by atoms with Crippen molar-refractivity contribution in [3.05, 3.63) is 46.8 Å². The Morgan fingerprint density at radius 2 is 1.81 bits per heavy atom. The Balaban J connectivity index is 2.38. The molecule has 21 heavy (non-hydrogen) atoms. The maximum Gasteiger partial charge on any atom is 0.271 e. The van der Waals surface area contributed by atoms with Gasteiger partial charge in [-0.1, -0.05) is 39.0 Å². The standard InChI is InChI=1S/C15H19NO3S2/c1-15(2,3)12-6-4-5-7-13(12)16-21(18,19)14-9-8-11(10-17)20-14/h4-9,16-17H,10H2,1-3H3. The van der Waals surface area contributed by atoms with E-state index in [1.54, 1.807) is 18.2 Å². The molecule has 0 aliphatic rings. The molecule has 2 rings (SSSR count). The van der Waals surface area contributed by atoms with Gasteiger partial charge < -0.3 is 5.11 Å². The highest BCUT2D eigenvalue weighted by Gasteiger charge is 2.22. The second-order valence-corrected chi connectivity index (χ2v) is 8.86. The van der Waals surface area contributed by atoms with Crippen LogP contribution in [0.2, 0.25) is 0 Å². The van der Waals surface area contributed by atoms with E-state index in [1.807, 2.05) is 32.9 Å². The van der Waals surface area contributed by atoms with Crippen molar-refractivity contribution < 1.29 is 13.5 Å². The smallest absolute Gasteiger partial charge is 0.271 e. The molecule has 4 nitrogen and oxygen atoms in total. The van der Waals surface area contributed by atoms with Crippen molar-refractivity contribution in [3.63, 3.8) is 0 Å². The summed E-state index contributed by atoms with van der Waals surface area (Å²) in [6.07, 6.45) is 0. The predicted octanol–water partition coefficient (Wildman–Crippen LogP) is 3.34. The average molecular weight is 325 g/mol. The second kappa shape index (κ2) is 5.79. The number of hydrogen-bond acceptors (Lipinski definition) is 4. The van der Waals surface area contributed by atoms with Crippen molar-refractivity contribution in [2.24, 2.45) is 0 Å². The Kier molecular flexibility index (Phi) is 4.41. The lowest BCUT2D eigenvalue weighted by atomic mass is 9.86. The van der Waals surface area contributed by atoms with Gasteiger partial charge in [0.25, 0.3) is 10.0 Å². The molecule has 1 aromatic carbocycles. The van der Waals surface area contributed by atoms with Crippen LogP contribution in [-0.4, -0.2) is 13.5 Å². The number of para-hydroxylation sites is 1. The summed E-state index contributed by atoms with van der Waals surface area (Å²) >= 11 is 1.07. The van der Waals surface area contributed by atoms with Crippen LogP contribution >= 0.6 is 11.3 Å². The minimum Gasteiger partial charge on any atom is -0.391 e. The third kappa shape index (κ3) is 3.64. The average Bonchev–Trinajstić information content (AvgIpc) is 2.87. The molecular formula is C15H19NO3S2. The Morgan fingerprint density at radius 3 is 2.38 bits per heavy atom. The summed E-state index contributed by atoms with van der Waals surface area (Å²) in [5, 5.41) is 9.05. The largest absolute Gasteiger partial charge is 0.391 e. The maximum atomic E-state index is 12.4. The van der Waals surface area contributed by atoms with E-state index in [-0.39, 0.29) is 16.2 Å². The summed E-state index contributed by atoms with van der Waals surface area (Å²) in [6, 6.07) is 10.5. The molecule has 0 unspecified atom stereocenters. The van der Waals surface area contributed by atoms with Gasteiger partial charge in [0.15, 0.2) is 0 Å².